The summed E-state index contributed by atoms with van der Waals surface area (Å²) in [6.45, 7) is 8.25. The van der Waals surface area contributed by atoms with Crippen LogP contribution in [0.25, 0.3) is 0 Å². The Morgan fingerprint density at radius 2 is 1.92 bits per heavy atom. The quantitative estimate of drug-likeness (QED) is 0.641. The van der Waals surface area contributed by atoms with Crippen LogP contribution < -0.4 is 5.32 Å². The molecule has 2 amide bonds. The molecule has 0 unspecified atom stereocenters. The Kier molecular flexibility index (Phi) is 8.03. The first-order chi connectivity index (χ1) is 12.0. The highest BCUT2D eigenvalue weighted by atomic mass is 35.5. The van der Waals surface area contributed by atoms with Crippen molar-refractivity contribution in [2.45, 2.75) is 20.4 Å². The van der Waals surface area contributed by atoms with Crippen molar-refractivity contribution in [3.63, 3.8) is 0 Å². The highest BCUT2D eigenvalue weighted by Gasteiger charge is 2.17. The number of likely N-dealkylation sites (N-methyl/N-ethyl adjacent to an activating group) is 1. The number of nitrogens with zero attached hydrogens (tertiary/aromatic N) is 2. The number of nitrogens with one attached hydrogen (secondary N) is 1. The summed E-state index contributed by atoms with van der Waals surface area (Å²) in [5, 5.41) is 5.88. The van der Waals surface area contributed by atoms with Crippen molar-refractivity contribution in [3.8, 4) is 0 Å². The Hall–Kier alpha value is -1.27. The Bertz CT molecular complexity index is 675. The van der Waals surface area contributed by atoms with Crippen molar-refractivity contribution in [3.05, 3.63) is 50.6 Å². The molecule has 0 fully saturated rings. The van der Waals surface area contributed by atoms with E-state index >= 15 is 0 Å². The number of halogens is 2. The second-order valence-electron chi connectivity index (χ2n) is 5.58. The van der Waals surface area contributed by atoms with Crippen LogP contribution in [-0.4, -0.2) is 42.0 Å². The molecule has 1 N–H and O–H groups in total. The molecule has 136 valence electrons. The van der Waals surface area contributed by atoms with Crippen LogP contribution in [0.2, 0.25) is 10.0 Å². The van der Waals surface area contributed by atoms with Crippen LogP contribution in [0.15, 0.2) is 35.7 Å². The summed E-state index contributed by atoms with van der Waals surface area (Å²) in [5.41, 5.74) is 0.565. The van der Waals surface area contributed by atoms with Gasteiger partial charge in [-0.2, -0.15) is 0 Å². The van der Waals surface area contributed by atoms with E-state index in [0.29, 0.717) is 28.8 Å². The Balaban J connectivity index is 2.08. The van der Waals surface area contributed by atoms with Gasteiger partial charge in [-0.1, -0.05) is 43.1 Å². The van der Waals surface area contributed by atoms with Gasteiger partial charge in [-0.15, -0.1) is 11.3 Å². The monoisotopic (exact) mass is 399 g/mol. The normalized spacial score (nSPS) is 10.9. The number of urea groups is 1. The van der Waals surface area contributed by atoms with Gasteiger partial charge in [0.2, 0.25) is 0 Å². The van der Waals surface area contributed by atoms with Gasteiger partial charge in [-0.05, 0) is 42.7 Å². The van der Waals surface area contributed by atoms with Crippen LogP contribution in [0, 0.1) is 0 Å². The van der Waals surface area contributed by atoms with Crippen molar-refractivity contribution in [1.29, 1.82) is 0 Å². The lowest BCUT2D eigenvalue weighted by molar-refractivity contribution is 0.195. The molecule has 7 heteroatoms. The molecule has 1 aromatic carbocycles. The average Bonchev–Trinajstić information content (AvgIpc) is 3.10. The lowest BCUT2D eigenvalue weighted by Crippen LogP contribution is -2.40. The molecule has 25 heavy (non-hydrogen) atoms. The fraction of sp³-hybridized carbons (Fsp3) is 0.389. The third kappa shape index (κ3) is 6.19. The van der Waals surface area contributed by atoms with Crippen LogP contribution in [0.5, 0.6) is 0 Å². The van der Waals surface area contributed by atoms with Crippen LogP contribution in [0.4, 0.5) is 10.5 Å². The Morgan fingerprint density at radius 1 is 1.16 bits per heavy atom. The van der Waals surface area contributed by atoms with E-state index in [1.165, 1.54) is 0 Å². The molecular weight excluding hydrogens is 377 g/mol. The third-order valence-electron chi connectivity index (χ3n) is 3.97. The molecule has 4 nitrogen and oxygen atoms in total. The number of rotatable bonds is 8. The van der Waals surface area contributed by atoms with Crippen LogP contribution in [0.1, 0.15) is 18.7 Å². The molecule has 0 spiro atoms. The van der Waals surface area contributed by atoms with Crippen molar-refractivity contribution in [2.24, 2.45) is 0 Å². The molecule has 0 bridgehead atoms. The summed E-state index contributed by atoms with van der Waals surface area (Å²) in [6.07, 6.45) is 0. The van der Waals surface area contributed by atoms with Crippen molar-refractivity contribution < 1.29 is 4.79 Å². The van der Waals surface area contributed by atoms with Crippen molar-refractivity contribution in [2.75, 3.05) is 31.5 Å². The van der Waals surface area contributed by atoms with Crippen LogP contribution in [-0.2, 0) is 6.54 Å². The third-order valence-corrected chi connectivity index (χ3v) is 5.38. The number of benzene rings is 1. The minimum absolute atomic E-state index is 0.162. The van der Waals surface area contributed by atoms with Gasteiger partial charge < -0.3 is 15.1 Å². The molecule has 1 heterocycles. The van der Waals surface area contributed by atoms with E-state index in [4.69, 9.17) is 23.2 Å². The zero-order valence-electron chi connectivity index (χ0n) is 14.5. The number of hydrogen-bond donors (Lipinski definition) is 1. The predicted molar refractivity (Wildman–Crippen MR) is 108 cm³/mol. The lowest BCUT2D eigenvalue weighted by Gasteiger charge is -2.26. The van der Waals surface area contributed by atoms with Crippen molar-refractivity contribution >= 4 is 46.3 Å². The summed E-state index contributed by atoms with van der Waals surface area (Å²) >= 11 is 13.7. The minimum atomic E-state index is -0.162. The van der Waals surface area contributed by atoms with E-state index in [9.17, 15) is 4.79 Å². The van der Waals surface area contributed by atoms with Gasteiger partial charge in [0.15, 0.2) is 0 Å². The van der Waals surface area contributed by atoms with Gasteiger partial charge in [0, 0.05) is 23.0 Å². The zero-order chi connectivity index (χ0) is 18.2. The standard InChI is InChI=1S/C18H23Cl2N3OS/c1-3-22(4-2)9-10-23(13-15-6-5-11-25-15)18(24)21-17-8-7-14(19)12-16(17)20/h5-8,11-12H,3-4,9-10,13H2,1-2H3,(H,21,24). The number of anilines is 1. The maximum Gasteiger partial charge on any atom is 0.322 e. The molecule has 0 atom stereocenters. The number of hydrogen-bond acceptors (Lipinski definition) is 3. The fourth-order valence-electron chi connectivity index (χ4n) is 2.43. The topological polar surface area (TPSA) is 35.6 Å². The molecule has 1 aromatic heterocycles. The zero-order valence-corrected chi connectivity index (χ0v) is 16.8. The molecule has 2 aromatic rings. The van der Waals surface area contributed by atoms with E-state index < -0.39 is 0 Å². The van der Waals surface area contributed by atoms with E-state index in [1.807, 2.05) is 22.4 Å². The van der Waals surface area contributed by atoms with E-state index in [2.05, 4.69) is 24.1 Å². The van der Waals surface area contributed by atoms with Crippen molar-refractivity contribution in [1.82, 2.24) is 9.80 Å². The summed E-state index contributed by atoms with van der Waals surface area (Å²) in [7, 11) is 0. The number of carbonyl (C=O) groups is 1. The summed E-state index contributed by atoms with van der Waals surface area (Å²) in [4.78, 5) is 18.0. The second-order valence-corrected chi connectivity index (χ2v) is 7.46. The smallest absolute Gasteiger partial charge is 0.318 e. The summed E-state index contributed by atoms with van der Waals surface area (Å²) in [6, 6.07) is 8.93. The van der Waals surface area contributed by atoms with Gasteiger partial charge in [-0.3, -0.25) is 0 Å². The molecule has 0 radical (unpaired) electrons. The second kappa shape index (κ2) is 10.0. The fourth-order valence-corrected chi connectivity index (χ4v) is 3.61. The first-order valence-corrected chi connectivity index (χ1v) is 9.92. The Morgan fingerprint density at radius 3 is 2.52 bits per heavy atom. The van der Waals surface area contributed by atoms with Gasteiger partial charge in [-0.25, -0.2) is 4.79 Å². The molecule has 0 aliphatic rings. The first kappa shape index (κ1) is 20.0. The molecular formula is C18H23Cl2N3OS. The van der Waals surface area contributed by atoms with E-state index in [0.717, 1.165) is 24.5 Å². The van der Waals surface area contributed by atoms with Gasteiger partial charge in [0.05, 0.1) is 17.3 Å². The number of amides is 2. The first-order valence-electron chi connectivity index (χ1n) is 8.29. The van der Waals surface area contributed by atoms with Gasteiger partial charge >= 0.3 is 6.03 Å². The molecule has 0 aliphatic heterocycles. The molecule has 0 aliphatic carbocycles. The SMILES string of the molecule is CCN(CC)CCN(Cc1cccs1)C(=O)Nc1ccc(Cl)cc1Cl. The largest absolute Gasteiger partial charge is 0.322 e. The number of thiophene rings is 1. The molecule has 2 rings (SSSR count). The van der Waals surface area contributed by atoms with E-state index in [1.54, 1.807) is 29.5 Å². The Labute approximate surface area is 163 Å². The highest BCUT2D eigenvalue weighted by Crippen LogP contribution is 2.26. The van der Waals surface area contributed by atoms with Gasteiger partial charge in [0.25, 0.3) is 0 Å². The lowest BCUT2D eigenvalue weighted by atomic mass is 10.3. The minimum Gasteiger partial charge on any atom is -0.318 e. The number of carbonyl (C=O) groups excluding carboxylic acids is 1. The van der Waals surface area contributed by atoms with Crippen LogP contribution >= 0.6 is 34.5 Å². The maximum atomic E-state index is 12.8. The summed E-state index contributed by atoms with van der Waals surface area (Å²) in [5.74, 6) is 0. The summed E-state index contributed by atoms with van der Waals surface area (Å²) < 4.78 is 0. The highest BCUT2D eigenvalue weighted by molar-refractivity contribution is 7.09. The maximum absolute atomic E-state index is 12.8. The molecule has 0 saturated carbocycles. The molecule has 0 saturated heterocycles. The average molecular weight is 400 g/mol. The van der Waals surface area contributed by atoms with E-state index in [-0.39, 0.29) is 6.03 Å². The predicted octanol–water partition coefficient (Wildman–Crippen LogP) is 5.43. The van der Waals surface area contributed by atoms with Gasteiger partial charge in [0.1, 0.15) is 0 Å². The van der Waals surface area contributed by atoms with Crippen LogP contribution in [0.3, 0.4) is 0 Å².